The molecule has 0 aromatic rings. The SMILES string of the molecule is CC.CCC(C)(C)OC.CSCCC(C)C. The molecule has 0 saturated carbocycles. The molecule has 0 saturated heterocycles. The molecule has 0 bridgehead atoms. The molecule has 0 radical (unpaired) electrons. The Balaban J connectivity index is -0.000000183. The van der Waals surface area contributed by atoms with E-state index in [9.17, 15) is 0 Å². The molecule has 0 rings (SSSR count). The highest BCUT2D eigenvalue weighted by molar-refractivity contribution is 7.98. The van der Waals surface area contributed by atoms with Gasteiger partial charge in [0.25, 0.3) is 0 Å². The van der Waals surface area contributed by atoms with E-state index in [1.54, 1.807) is 7.11 Å². The second-order valence-electron chi connectivity index (χ2n) is 4.49. The van der Waals surface area contributed by atoms with Gasteiger partial charge in [-0.15, -0.1) is 0 Å². The highest BCUT2D eigenvalue weighted by Crippen LogP contribution is 2.10. The van der Waals surface area contributed by atoms with Crippen molar-refractivity contribution in [2.45, 2.75) is 66.9 Å². The Morgan fingerprint density at radius 2 is 1.62 bits per heavy atom. The van der Waals surface area contributed by atoms with E-state index in [2.05, 4.69) is 40.9 Å². The first-order valence-electron chi connectivity index (χ1n) is 6.43. The largest absolute Gasteiger partial charge is 0.379 e. The Kier molecular flexibility index (Phi) is 20.6. The molecular formula is C14H34OS. The number of hydrogen-bond donors (Lipinski definition) is 0. The van der Waals surface area contributed by atoms with Crippen LogP contribution in [0, 0.1) is 5.92 Å². The van der Waals surface area contributed by atoms with E-state index in [0.717, 1.165) is 12.3 Å². The number of ether oxygens (including phenoxy) is 1. The van der Waals surface area contributed by atoms with Crippen molar-refractivity contribution in [3.8, 4) is 0 Å². The lowest BCUT2D eigenvalue weighted by molar-refractivity contribution is 0.0196. The van der Waals surface area contributed by atoms with Gasteiger partial charge in [0.05, 0.1) is 5.60 Å². The summed E-state index contributed by atoms with van der Waals surface area (Å²) in [7, 11) is 1.74. The van der Waals surface area contributed by atoms with Gasteiger partial charge >= 0.3 is 0 Å². The van der Waals surface area contributed by atoms with Crippen LogP contribution in [0.5, 0.6) is 0 Å². The summed E-state index contributed by atoms with van der Waals surface area (Å²) in [6.45, 7) is 14.8. The van der Waals surface area contributed by atoms with E-state index < -0.39 is 0 Å². The van der Waals surface area contributed by atoms with Crippen molar-refractivity contribution in [1.29, 1.82) is 0 Å². The Hall–Kier alpha value is 0.310. The van der Waals surface area contributed by atoms with Crippen LogP contribution in [0.4, 0.5) is 0 Å². The van der Waals surface area contributed by atoms with Gasteiger partial charge in [0, 0.05) is 7.11 Å². The quantitative estimate of drug-likeness (QED) is 0.659. The van der Waals surface area contributed by atoms with E-state index in [0.29, 0.717) is 0 Å². The minimum absolute atomic E-state index is 0.0833. The average molecular weight is 250 g/mol. The number of hydrogen-bond acceptors (Lipinski definition) is 2. The molecule has 0 aliphatic rings. The van der Waals surface area contributed by atoms with Crippen LogP contribution >= 0.6 is 11.8 Å². The lowest BCUT2D eigenvalue weighted by atomic mass is 10.1. The Morgan fingerprint density at radius 1 is 1.19 bits per heavy atom. The van der Waals surface area contributed by atoms with Gasteiger partial charge in [-0.05, 0) is 44.6 Å². The standard InChI is InChI=1S/C6H14O.C6H14S.C2H6/c1-5-6(2,3)7-4;1-6(2)4-5-7-3;1-2/h5H2,1-4H3;6H,4-5H2,1-3H3;1-2H3. The average Bonchev–Trinajstić information content (AvgIpc) is 2.30. The van der Waals surface area contributed by atoms with Crippen molar-refractivity contribution >= 4 is 11.8 Å². The molecule has 0 aliphatic heterocycles. The summed E-state index contributed by atoms with van der Waals surface area (Å²) >= 11 is 1.93. The van der Waals surface area contributed by atoms with E-state index in [-0.39, 0.29) is 5.60 Å². The maximum absolute atomic E-state index is 5.09. The first-order chi connectivity index (χ1) is 7.39. The fourth-order valence-electron chi connectivity index (χ4n) is 0.498. The van der Waals surface area contributed by atoms with Gasteiger partial charge in [0.15, 0.2) is 0 Å². The summed E-state index contributed by atoms with van der Waals surface area (Å²) < 4.78 is 5.09. The fraction of sp³-hybridized carbons (Fsp3) is 1.00. The zero-order valence-electron chi connectivity index (χ0n) is 13.0. The molecule has 0 aliphatic carbocycles. The molecule has 102 valence electrons. The van der Waals surface area contributed by atoms with Crippen molar-refractivity contribution in [2.75, 3.05) is 19.1 Å². The highest BCUT2D eigenvalue weighted by atomic mass is 32.2. The first kappa shape index (κ1) is 21.6. The predicted molar refractivity (Wildman–Crippen MR) is 80.6 cm³/mol. The van der Waals surface area contributed by atoms with Crippen LogP contribution in [-0.4, -0.2) is 24.7 Å². The third-order valence-electron chi connectivity index (χ3n) is 2.30. The zero-order chi connectivity index (χ0) is 13.6. The number of rotatable bonds is 5. The van der Waals surface area contributed by atoms with Gasteiger partial charge < -0.3 is 4.74 Å². The summed E-state index contributed by atoms with van der Waals surface area (Å²) in [4.78, 5) is 0. The predicted octanol–water partition coefficient (Wildman–Crippen LogP) is 5.24. The molecule has 2 heteroatoms. The van der Waals surface area contributed by atoms with Crippen molar-refractivity contribution < 1.29 is 4.74 Å². The molecule has 0 N–H and O–H groups in total. The second kappa shape index (κ2) is 15.3. The van der Waals surface area contributed by atoms with Crippen LogP contribution in [-0.2, 0) is 4.74 Å². The van der Waals surface area contributed by atoms with Crippen LogP contribution in [0.25, 0.3) is 0 Å². The van der Waals surface area contributed by atoms with Crippen LogP contribution in [0.3, 0.4) is 0 Å². The Labute approximate surface area is 109 Å². The summed E-state index contributed by atoms with van der Waals surface area (Å²) in [6, 6.07) is 0. The van der Waals surface area contributed by atoms with Crippen LogP contribution in [0.2, 0.25) is 0 Å². The molecule has 1 nitrogen and oxygen atoms in total. The van der Waals surface area contributed by atoms with Gasteiger partial charge in [-0.1, -0.05) is 34.6 Å². The molecule has 16 heavy (non-hydrogen) atoms. The van der Waals surface area contributed by atoms with Gasteiger partial charge in [-0.2, -0.15) is 11.8 Å². The fourth-order valence-corrected chi connectivity index (χ4v) is 1.20. The molecule has 0 fully saturated rings. The van der Waals surface area contributed by atoms with Gasteiger partial charge in [0.2, 0.25) is 0 Å². The van der Waals surface area contributed by atoms with Crippen LogP contribution in [0.15, 0.2) is 0 Å². The maximum Gasteiger partial charge on any atom is 0.0620 e. The highest BCUT2D eigenvalue weighted by Gasteiger charge is 2.10. The normalized spacial score (nSPS) is 10.1. The first-order valence-corrected chi connectivity index (χ1v) is 7.83. The lowest BCUT2D eigenvalue weighted by Gasteiger charge is -2.19. The minimum atomic E-state index is 0.0833. The van der Waals surface area contributed by atoms with Crippen molar-refractivity contribution in [3.05, 3.63) is 0 Å². The van der Waals surface area contributed by atoms with Crippen molar-refractivity contribution in [1.82, 2.24) is 0 Å². The molecular weight excluding hydrogens is 216 g/mol. The zero-order valence-corrected chi connectivity index (χ0v) is 13.8. The third-order valence-corrected chi connectivity index (χ3v) is 2.95. The minimum Gasteiger partial charge on any atom is -0.379 e. The summed E-state index contributed by atoms with van der Waals surface area (Å²) in [5.74, 6) is 2.20. The number of thioether (sulfide) groups is 1. The van der Waals surface area contributed by atoms with Gasteiger partial charge in [-0.25, -0.2) is 0 Å². The summed E-state index contributed by atoms with van der Waals surface area (Å²) in [5.41, 5.74) is 0.0833. The van der Waals surface area contributed by atoms with Crippen LogP contribution in [0.1, 0.15) is 61.3 Å². The monoisotopic (exact) mass is 250 g/mol. The Bertz CT molecular complexity index is 105. The van der Waals surface area contributed by atoms with E-state index in [1.165, 1.54) is 12.2 Å². The molecule has 0 atom stereocenters. The maximum atomic E-state index is 5.09. The molecule has 0 heterocycles. The molecule has 0 unspecified atom stereocenters. The lowest BCUT2D eigenvalue weighted by Crippen LogP contribution is -2.20. The van der Waals surface area contributed by atoms with Crippen molar-refractivity contribution in [2.24, 2.45) is 5.92 Å². The molecule has 0 aromatic carbocycles. The Morgan fingerprint density at radius 3 is 1.69 bits per heavy atom. The van der Waals surface area contributed by atoms with Gasteiger partial charge in [0.1, 0.15) is 0 Å². The van der Waals surface area contributed by atoms with E-state index in [1.807, 2.05) is 25.6 Å². The third kappa shape index (κ3) is 23.8. The smallest absolute Gasteiger partial charge is 0.0620 e. The molecule has 0 amide bonds. The second-order valence-corrected chi connectivity index (χ2v) is 5.48. The molecule has 0 aromatic heterocycles. The summed E-state index contributed by atoms with van der Waals surface area (Å²) in [6.07, 6.45) is 4.59. The van der Waals surface area contributed by atoms with Gasteiger partial charge in [-0.3, -0.25) is 0 Å². The topological polar surface area (TPSA) is 9.23 Å². The van der Waals surface area contributed by atoms with E-state index in [4.69, 9.17) is 4.74 Å². The van der Waals surface area contributed by atoms with Crippen LogP contribution < -0.4 is 0 Å². The van der Waals surface area contributed by atoms with E-state index >= 15 is 0 Å². The van der Waals surface area contributed by atoms with Crippen molar-refractivity contribution in [3.63, 3.8) is 0 Å². The molecule has 0 spiro atoms. The number of methoxy groups -OCH3 is 1. The summed E-state index contributed by atoms with van der Waals surface area (Å²) in [5, 5.41) is 0.